The molecule has 27 heavy (non-hydrogen) atoms. The Bertz CT molecular complexity index is 797. The highest BCUT2D eigenvalue weighted by Crippen LogP contribution is 2.27. The summed E-state index contributed by atoms with van der Waals surface area (Å²) < 4.78 is 0. The number of carboxylic acid groups (broad SMARTS) is 1. The third-order valence-corrected chi connectivity index (χ3v) is 5.05. The second-order valence-corrected chi connectivity index (χ2v) is 6.70. The van der Waals surface area contributed by atoms with E-state index in [1.807, 2.05) is 0 Å². The first-order chi connectivity index (χ1) is 13.1. The van der Waals surface area contributed by atoms with Gasteiger partial charge >= 0.3 is 6.09 Å². The molecule has 0 spiro atoms. The third kappa shape index (κ3) is 4.68. The number of fused-ring (bicyclic) bond motifs is 1. The molecule has 2 amide bonds. The Morgan fingerprint density at radius 1 is 1.07 bits per heavy atom. The van der Waals surface area contributed by atoms with Crippen molar-refractivity contribution in [1.82, 2.24) is 15.1 Å². The van der Waals surface area contributed by atoms with Crippen molar-refractivity contribution < 1.29 is 14.7 Å². The number of benzene rings is 2. The normalized spacial score (nSPS) is 14.9. The van der Waals surface area contributed by atoms with Gasteiger partial charge in [-0.1, -0.05) is 36.4 Å². The molecule has 1 saturated heterocycles. The SMILES string of the molecule is CNC(=O)CN(CCN1CCN(c2cccc3ccccc23)CC1)C(=O)O. The Labute approximate surface area is 159 Å². The molecule has 0 aromatic heterocycles. The fourth-order valence-electron chi connectivity index (χ4n) is 3.45. The number of carbonyl (C=O) groups excluding carboxylic acids is 1. The van der Waals surface area contributed by atoms with Crippen molar-refractivity contribution in [2.75, 3.05) is 57.8 Å². The summed E-state index contributed by atoms with van der Waals surface area (Å²) in [6, 6.07) is 14.8. The van der Waals surface area contributed by atoms with Crippen LogP contribution in [0.3, 0.4) is 0 Å². The predicted octanol–water partition coefficient (Wildman–Crippen LogP) is 1.69. The average Bonchev–Trinajstić information content (AvgIpc) is 2.70. The Hall–Kier alpha value is -2.80. The number of amides is 2. The van der Waals surface area contributed by atoms with Gasteiger partial charge in [0.1, 0.15) is 6.54 Å². The molecule has 144 valence electrons. The fourth-order valence-corrected chi connectivity index (χ4v) is 3.45. The molecule has 2 aromatic carbocycles. The lowest BCUT2D eigenvalue weighted by Crippen LogP contribution is -2.49. The molecule has 0 radical (unpaired) electrons. The van der Waals surface area contributed by atoms with E-state index < -0.39 is 6.09 Å². The topological polar surface area (TPSA) is 76.1 Å². The molecule has 1 heterocycles. The number of carbonyl (C=O) groups is 2. The van der Waals surface area contributed by atoms with Gasteiger partial charge in [0, 0.05) is 57.4 Å². The molecule has 1 fully saturated rings. The first-order valence-corrected chi connectivity index (χ1v) is 9.22. The van der Waals surface area contributed by atoms with Crippen molar-refractivity contribution in [3.8, 4) is 0 Å². The van der Waals surface area contributed by atoms with Crippen LogP contribution in [0.25, 0.3) is 10.8 Å². The van der Waals surface area contributed by atoms with Crippen molar-refractivity contribution in [3.63, 3.8) is 0 Å². The van der Waals surface area contributed by atoms with Crippen LogP contribution >= 0.6 is 0 Å². The van der Waals surface area contributed by atoms with E-state index in [0.717, 1.165) is 31.1 Å². The number of nitrogens with one attached hydrogen (secondary N) is 1. The Morgan fingerprint density at radius 3 is 2.48 bits per heavy atom. The zero-order valence-corrected chi connectivity index (χ0v) is 15.6. The zero-order valence-electron chi connectivity index (χ0n) is 15.6. The molecule has 2 aromatic rings. The number of rotatable bonds is 6. The minimum atomic E-state index is -1.06. The van der Waals surface area contributed by atoms with Crippen LogP contribution < -0.4 is 10.2 Å². The summed E-state index contributed by atoms with van der Waals surface area (Å²) in [5.74, 6) is -0.293. The standard InChI is InChI=1S/C20H26N4O3/c1-21-19(25)15-24(20(26)27)14-11-22-9-12-23(13-10-22)18-8-4-6-16-5-2-3-7-17(16)18/h2-8H,9-15H2,1H3,(H,21,25)(H,26,27). The predicted molar refractivity (Wildman–Crippen MR) is 106 cm³/mol. The number of anilines is 1. The van der Waals surface area contributed by atoms with Gasteiger partial charge in [0.25, 0.3) is 0 Å². The number of piperazine rings is 1. The second kappa shape index (κ2) is 8.73. The highest BCUT2D eigenvalue weighted by atomic mass is 16.4. The number of hydrogen-bond acceptors (Lipinski definition) is 4. The molecule has 0 unspecified atom stereocenters. The van der Waals surface area contributed by atoms with Crippen LogP contribution in [0, 0.1) is 0 Å². The smallest absolute Gasteiger partial charge is 0.407 e. The van der Waals surface area contributed by atoms with E-state index in [1.165, 1.54) is 23.5 Å². The molecule has 0 saturated carbocycles. The zero-order chi connectivity index (χ0) is 19.2. The van der Waals surface area contributed by atoms with Crippen LogP contribution in [0.2, 0.25) is 0 Å². The van der Waals surface area contributed by atoms with Crippen LogP contribution in [0.1, 0.15) is 0 Å². The summed E-state index contributed by atoms with van der Waals surface area (Å²) in [4.78, 5) is 28.6. The maximum absolute atomic E-state index is 11.4. The Balaban J connectivity index is 1.55. The molecule has 0 bridgehead atoms. The van der Waals surface area contributed by atoms with Gasteiger partial charge in [-0.05, 0) is 11.5 Å². The van der Waals surface area contributed by atoms with E-state index in [1.54, 1.807) is 0 Å². The van der Waals surface area contributed by atoms with Crippen molar-refractivity contribution in [3.05, 3.63) is 42.5 Å². The van der Waals surface area contributed by atoms with Gasteiger partial charge in [0.15, 0.2) is 0 Å². The molecule has 7 nitrogen and oxygen atoms in total. The van der Waals surface area contributed by atoms with E-state index in [-0.39, 0.29) is 12.5 Å². The highest BCUT2D eigenvalue weighted by molar-refractivity contribution is 5.94. The van der Waals surface area contributed by atoms with Crippen LogP contribution in [-0.4, -0.2) is 79.8 Å². The van der Waals surface area contributed by atoms with Gasteiger partial charge in [0.2, 0.25) is 5.91 Å². The lowest BCUT2D eigenvalue weighted by atomic mass is 10.1. The highest BCUT2D eigenvalue weighted by Gasteiger charge is 2.21. The molecular weight excluding hydrogens is 344 g/mol. The Morgan fingerprint density at radius 2 is 1.78 bits per heavy atom. The van der Waals surface area contributed by atoms with Gasteiger partial charge in [-0.3, -0.25) is 14.6 Å². The lowest BCUT2D eigenvalue weighted by molar-refractivity contribution is -0.121. The van der Waals surface area contributed by atoms with Gasteiger partial charge in [-0.25, -0.2) is 4.79 Å². The van der Waals surface area contributed by atoms with E-state index in [2.05, 4.69) is 57.6 Å². The summed E-state index contributed by atoms with van der Waals surface area (Å²) in [5.41, 5.74) is 1.25. The maximum Gasteiger partial charge on any atom is 0.407 e. The first kappa shape index (κ1) is 19.0. The summed E-state index contributed by atoms with van der Waals surface area (Å²) in [6.07, 6.45) is -1.06. The second-order valence-electron chi connectivity index (χ2n) is 6.70. The van der Waals surface area contributed by atoms with Gasteiger partial charge < -0.3 is 15.3 Å². The van der Waals surface area contributed by atoms with Crippen LogP contribution in [-0.2, 0) is 4.79 Å². The van der Waals surface area contributed by atoms with E-state index in [4.69, 9.17) is 0 Å². The van der Waals surface area contributed by atoms with E-state index in [9.17, 15) is 14.7 Å². The molecule has 7 heteroatoms. The number of nitrogens with zero attached hydrogens (tertiary/aromatic N) is 3. The average molecular weight is 370 g/mol. The summed E-state index contributed by atoms with van der Waals surface area (Å²) in [6.45, 7) is 4.38. The van der Waals surface area contributed by atoms with Gasteiger partial charge in [0.05, 0.1) is 0 Å². The monoisotopic (exact) mass is 370 g/mol. The molecule has 1 aliphatic rings. The maximum atomic E-state index is 11.4. The molecular formula is C20H26N4O3. The molecule has 0 aliphatic carbocycles. The minimum absolute atomic E-state index is 0.123. The van der Waals surface area contributed by atoms with Crippen molar-refractivity contribution in [1.29, 1.82) is 0 Å². The Kier molecular flexibility index (Phi) is 6.13. The summed E-state index contributed by atoms with van der Waals surface area (Å²) in [7, 11) is 1.51. The molecule has 0 atom stereocenters. The van der Waals surface area contributed by atoms with Crippen molar-refractivity contribution in [2.45, 2.75) is 0 Å². The van der Waals surface area contributed by atoms with Gasteiger partial charge in [-0.15, -0.1) is 0 Å². The quantitative estimate of drug-likeness (QED) is 0.809. The summed E-state index contributed by atoms with van der Waals surface area (Å²) in [5, 5.41) is 14.2. The molecule has 3 rings (SSSR count). The van der Waals surface area contributed by atoms with Crippen molar-refractivity contribution >= 4 is 28.5 Å². The van der Waals surface area contributed by atoms with Crippen LogP contribution in [0.15, 0.2) is 42.5 Å². The number of hydrogen-bond donors (Lipinski definition) is 2. The van der Waals surface area contributed by atoms with Crippen LogP contribution in [0.5, 0.6) is 0 Å². The third-order valence-electron chi connectivity index (χ3n) is 5.05. The van der Waals surface area contributed by atoms with Crippen molar-refractivity contribution in [2.24, 2.45) is 0 Å². The number of likely N-dealkylation sites (N-methyl/N-ethyl adjacent to an activating group) is 1. The molecule has 2 N–H and O–H groups in total. The fraction of sp³-hybridized carbons (Fsp3) is 0.400. The van der Waals surface area contributed by atoms with E-state index >= 15 is 0 Å². The largest absolute Gasteiger partial charge is 0.465 e. The minimum Gasteiger partial charge on any atom is -0.465 e. The first-order valence-electron chi connectivity index (χ1n) is 9.22. The summed E-state index contributed by atoms with van der Waals surface area (Å²) >= 11 is 0. The van der Waals surface area contributed by atoms with Gasteiger partial charge in [-0.2, -0.15) is 0 Å². The lowest BCUT2D eigenvalue weighted by Gasteiger charge is -2.37. The van der Waals surface area contributed by atoms with E-state index in [0.29, 0.717) is 13.1 Å². The molecule has 1 aliphatic heterocycles. The van der Waals surface area contributed by atoms with Crippen LogP contribution in [0.4, 0.5) is 10.5 Å².